The number of ether oxygens (including phenoxy) is 10. The molecule has 20 heteroatoms. The first-order valence-corrected chi connectivity index (χ1v) is 25.3. The second-order valence-corrected chi connectivity index (χ2v) is 22.2. The quantitative estimate of drug-likeness (QED) is 0.104. The molecule has 0 spiro atoms. The maximum absolute atomic E-state index is 12.6. The summed E-state index contributed by atoms with van der Waals surface area (Å²) in [5.41, 5.74) is -1.01. The Kier molecular flexibility index (Phi) is 15.1. The molecule has 392 valence electrons. The summed E-state index contributed by atoms with van der Waals surface area (Å²) in [5.74, 6) is -0.580. The zero-order valence-electron chi connectivity index (χ0n) is 40.5. The summed E-state index contributed by atoms with van der Waals surface area (Å²) >= 11 is 0. The van der Waals surface area contributed by atoms with E-state index in [4.69, 9.17) is 47.4 Å². The predicted octanol–water partition coefficient (Wildman–Crippen LogP) is 0.613. The van der Waals surface area contributed by atoms with Crippen molar-refractivity contribution in [2.75, 3.05) is 13.2 Å². The fourth-order valence-corrected chi connectivity index (χ4v) is 14.6. The van der Waals surface area contributed by atoms with Crippen LogP contribution in [0.5, 0.6) is 0 Å². The maximum atomic E-state index is 12.6. The minimum atomic E-state index is -1.69. The largest absolute Gasteiger partial charge is 0.459 e. The van der Waals surface area contributed by atoms with E-state index in [1.807, 2.05) is 6.92 Å². The first-order valence-electron chi connectivity index (χ1n) is 25.3. The number of cyclic esters (lactones) is 1. The van der Waals surface area contributed by atoms with E-state index in [-0.39, 0.29) is 61.1 Å². The Balaban J connectivity index is 0.752. The molecule has 26 atom stereocenters. The SMILES string of the molecule is CC(=O)OC1CC(OC2C(O)CC(OC3C(O)CC(OC4CC[C@@]5(C)C(CCC6C5C[C@H](O)[C@]5(C)[C@H](C7=CC(=O)OC7)CCC65O)C4)OC3C)OC2C)OC(C)C1OC1OC(CO)C(O)C(O)C1O. The van der Waals surface area contributed by atoms with Crippen molar-refractivity contribution in [3.8, 4) is 0 Å². The highest BCUT2D eigenvalue weighted by atomic mass is 16.8. The van der Waals surface area contributed by atoms with E-state index in [1.165, 1.54) is 6.92 Å². The molecule has 0 aromatic rings. The van der Waals surface area contributed by atoms with Gasteiger partial charge in [0.15, 0.2) is 25.2 Å². The molecule has 8 N–H and O–H groups in total. The number of fused-ring (bicyclic) bond motifs is 5. The van der Waals surface area contributed by atoms with Gasteiger partial charge in [0.1, 0.15) is 55.4 Å². The minimum Gasteiger partial charge on any atom is -0.459 e. The van der Waals surface area contributed by atoms with Gasteiger partial charge in [0.05, 0.1) is 54.9 Å². The van der Waals surface area contributed by atoms with E-state index < -0.39 is 134 Å². The van der Waals surface area contributed by atoms with Gasteiger partial charge in [-0.2, -0.15) is 0 Å². The van der Waals surface area contributed by atoms with E-state index in [0.717, 1.165) is 37.7 Å². The number of hydrogen-bond donors (Lipinski definition) is 8. The molecule has 4 saturated heterocycles. The fourth-order valence-electron chi connectivity index (χ4n) is 14.6. The highest BCUT2D eigenvalue weighted by Gasteiger charge is 2.71. The molecule has 0 amide bonds. The van der Waals surface area contributed by atoms with Crippen LogP contribution in [0.2, 0.25) is 0 Å². The van der Waals surface area contributed by atoms with Crippen LogP contribution in [0, 0.1) is 34.5 Å². The van der Waals surface area contributed by atoms with Crippen molar-refractivity contribution in [1.82, 2.24) is 0 Å². The van der Waals surface area contributed by atoms with E-state index >= 15 is 0 Å². The number of carbonyl (C=O) groups is 2. The summed E-state index contributed by atoms with van der Waals surface area (Å²) in [6.07, 6.45) is -11.1. The Hall–Kier alpha value is -1.96. The number of hydrogen-bond acceptors (Lipinski definition) is 20. The van der Waals surface area contributed by atoms with Gasteiger partial charge in [-0.3, -0.25) is 4.79 Å². The van der Waals surface area contributed by atoms with Crippen LogP contribution in [0.3, 0.4) is 0 Å². The molecule has 5 aliphatic heterocycles. The highest BCUT2D eigenvalue weighted by Crippen LogP contribution is 2.70. The molecule has 0 aromatic carbocycles. The predicted molar refractivity (Wildman–Crippen MR) is 235 cm³/mol. The molecule has 0 radical (unpaired) electrons. The van der Waals surface area contributed by atoms with Gasteiger partial charge in [0.25, 0.3) is 0 Å². The molecule has 0 aromatic heterocycles. The highest BCUT2D eigenvalue weighted by molar-refractivity contribution is 5.85. The number of aliphatic hydroxyl groups excluding tert-OH is 7. The van der Waals surface area contributed by atoms with Crippen LogP contribution in [-0.2, 0) is 57.0 Å². The average Bonchev–Trinajstić information content (AvgIpc) is 3.84. The monoisotopic (exact) mass is 984 g/mol. The van der Waals surface area contributed by atoms with E-state index in [1.54, 1.807) is 26.8 Å². The molecule has 5 heterocycles. The van der Waals surface area contributed by atoms with Crippen LogP contribution in [0.15, 0.2) is 11.6 Å². The first kappa shape index (κ1) is 51.9. The zero-order chi connectivity index (χ0) is 49.5. The lowest BCUT2D eigenvalue weighted by Gasteiger charge is -2.65. The average molecular weight is 985 g/mol. The van der Waals surface area contributed by atoms with Gasteiger partial charge >= 0.3 is 11.9 Å². The minimum absolute atomic E-state index is 0.00421. The van der Waals surface area contributed by atoms with Crippen molar-refractivity contribution in [2.45, 2.75) is 234 Å². The Labute approximate surface area is 402 Å². The van der Waals surface area contributed by atoms with E-state index in [2.05, 4.69) is 6.92 Å². The maximum Gasteiger partial charge on any atom is 0.331 e. The van der Waals surface area contributed by atoms with Gasteiger partial charge in [-0.05, 0) is 107 Å². The van der Waals surface area contributed by atoms with Crippen molar-refractivity contribution in [3.63, 3.8) is 0 Å². The Morgan fingerprint density at radius 1 is 0.710 bits per heavy atom. The molecule has 9 aliphatic rings. The van der Waals surface area contributed by atoms with Crippen molar-refractivity contribution in [2.24, 2.45) is 34.5 Å². The third-order valence-electron chi connectivity index (χ3n) is 18.4. The number of rotatable bonds is 11. The molecule has 20 nitrogen and oxygen atoms in total. The van der Waals surface area contributed by atoms with Gasteiger partial charge in [0.2, 0.25) is 0 Å². The van der Waals surface area contributed by atoms with Crippen LogP contribution < -0.4 is 0 Å². The summed E-state index contributed by atoms with van der Waals surface area (Å²) in [5, 5.41) is 88.1. The number of aliphatic hydroxyl groups is 8. The van der Waals surface area contributed by atoms with Gasteiger partial charge in [0, 0.05) is 37.7 Å². The summed E-state index contributed by atoms with van der Waals surface area (Å²) in [7, 11) is 0. The lowest BCUT2D eigenvalue weighted by molar-refractivity contribution is -0.355. The van der Waals surface area contributed by atoms with Crippen molar-refractivity contribution < 1.29 is 97.8 Å². The van der Waals surface area contributed by atoms with Crippen molar-refractivity contribution >= 4 is 11.9 Å². The molecule has 4 aliphatic carbocycles. The van der Waals surface area contributed by atoms with E-state index in [9.17, 15) is 50.4 Å². The number of esters is 2. The van der Waals surface area contributed by atoms with Crippen LogP contribution in [-0.4, -0.2) is 188 Å². The van der Waals surface area contributed by atoms with Crippen LogP contribution in [0.1, 0.15) is 112 Å². The zero-order valence-corrected chi connectivity index (χ0v) is 40.5. The molecule has 8 fully saturated rings. The third-order valence-corrected chi connectivity index (χ3v) is 18.4. The summed E-state index contributed by atoms with van der Waals surface area (Å²) in [6, 6.07) is 0. The fraction of sp³-hybridized carbons (Fsp3) is 0.918. The van der Waals surface area contributed by atoms with Crippen molar-refractivity contribution in [1.29, 1.82) is 0 Å². The second-order valence-electron chi connectivity index (χ2n) is 22.2. The Bertz CT molecular complexity index is 1850. The lowest BCUT2D eigenvalue weighted by Crippen LogP contribution is -2.67. The van der Waals surface area contributed by atoms with Gasteiger partial charge in [-0.25, -0.2) is 4.79 Å². The second kappa shape index (κ2) is 20.0. The summed E-state index contributed by atoms with van der Waals surface area (Å²) < 4.78 is 60.1. The normalized spacial score (nSPS) is 53.3. The molecular formula is C49H76O20. The molecule has 4 saturated carbocycles. The van der Waals surface area contributed by atoms with Gasteiger partial charge < -0.3 is 88.2 Å². The molecule has 0 bridgehead atoms. The van der Waals surface area contributed by atoms with Crippen LogP contribution >= 0.6 is 0 Å². The molecule has 69 heavy (non-hydrogen) atoms. The van der Waals surface area contributed by atoms with Crippen LogP contribution in [0.4, 0.5) is 0 Å². The van der Waals surface area contributed by atoms with Gasteiger partial charge in [-0.15, -0.1) is 0 Å². The molecular weight excluding hydrogens is 909 g/mol. The first-order chi connectivity index (χ1) is 32.6. The third kappa shape index (κ3) is 9.48. The molecule has 9 rings (SSSR count). The van der Waals surface area contributed by atoms with Crippen LogP contribution in [0.25, 0.3) is 0 Å². The standard InChI is InChI=1S/C49H76O20/c1-21-43(67-38-17-32(53)44(22(2)62-38)68-39-18-33(64-24(4)51)45(23(3)63-39)69-46-42(58)41(57)40(56)34(19-50)66-46)31(52)16-37(61-21)65-27-9-11-47(5)26(14-27)7-8-29-30(47)15-35(54)48(6)28(10-12-49(29,48)59)25-13-36(55)60-20-25/h13,21-23,26-35,37-46,50,52-54,56-59H,7-12,14-20H2,1-6H3/t21?,22?,23?,26?,27?,28-,29?,30?,31?,32?,33?,34?,35-,37?,38?,39?,40?,41?,42?,43?,44?,45?,46?,47-,48-,49?/m0/s1. The topological polar surface area (TPSA) is 288 Å². The Morgan fingerprint density at radius 2 is 1.33 bits per heavy atom. The lowest BCUT2D eigenvalue weighted by atomic mass is 9.42. The summed E-state index contributed by atoms with van der Waals surface area (Å²) in [6.45, 7) is 10.3. The smallest absolute Gasteiger partial charge is 0.331 e. The Morgan fingerprint density at radius 3 is 1.93 bits per heavy atom. The number of carbonyl (C=O) groups excluding carboxylic acids is 2. The van der Waals surface area contributed by atoms with Crippen molar-refractivity contribution in [3.05, 3.63) is 11.6 Å². The van der Waals surface area contributed by atoms with Gasteiger partial charge in [-0.1, -0.05) is 13.8 Å². The molecule has 22 unspecified atom stereocenters. The van der Waals surface area contributed by atoms with E-state index in [0.29, 0.717) is 25.2 Å². The summed E-state index contributed by atoms with van der Waals surface area (Å²) in [4.78, 5) is 24.2.